The van der Waals surface area contributed by atoms with Crippen molar-refractivity contribution in [3.8, 4) is 0 Å². The fourth-order valence-electron chi connectivity index (χ4n) is 6.16. The number of nitrogens with zero attached hydrogens (tertiary/aromatic N) is 3. The van der Waals surface area contributed by atoms with Crippen molar-refractivity contribution in [1.82, 2.24) is 14.8 Å². The summed E-state index contributed by atoms with van der Waals surface area (Å²) in [6.07, 6.45) is 7.51. The van der Waals surface area contributed by atoms with Crippen molar-refractivity contribution in [3.63, 3.8) is 0 Å². The lowest BCUT2D eigenvalue weighted by atomic mass is 9.48. The van der Waals surface area contributed by atoms with Crippen LogP contribution in [0.1, 0.15) is 49.9 Å². The van der Waals surface area contributed by atoms with Crippen LogP contribution in [0.15, 0.2) is 29.4 Å². The summed E-state index contributed by atoms with van der Waals surface area (Å²) >= 11 is 7.56. The molecule has 6 heteroatoms. The Morgan fingerprint density at radius 1 is 1.11 bits per heavy atom. The lowest BCUT2D eigenvalue weighted by Crippen LogP contribution is -2.50. The van der Waals surface area contributed by atoms with Crippen LogP contribution in [0.5, 0.6) is 0 Å². The highest BCUT2D eigenvalue weighted by atomic mass is 35.5. The topological polar surface area (TPSA) is 47.8 Å². The first kappa shape index (κ1) is 18.7. The standard InChI is InChI=1S/C22H26ClN3OS/c1-14-24-25-21(26(14)12-15-2-4-19(23)5-3-15)28-13-20(27)22-9-16-6-17(10-22)8-18(7-16)11-22/h2-5,16-18H,6-13H2,1H3. The molecule has 4 saturated carbocycles. The molecule has 148 valence electrons. The molecule has 0 saturated heterocycles. The monoisotopic (exact) mass is 415 g/mol. The molecule has 28 heavy (non-hydrogen) atoms. The third-order valence-corrected chi connectivity index (χ3v) is 8.34. The molecule has 0 amide bonds. The van der Waals surface area contributed by atoms with Gasteiger partial charge in [0.25, 0.3) is 0 Å². The van der Waals surface area contributed by atoms with E-state index in [-0.39, 0.29) is 5.41 Å². The second-order valence-corrected chi connectivity index (χ2v) is 10.5. The summed E-state index contributed by atoms with van der Waals surface area (Å²) in [6.45, 7) is 2.66. The molecule has 1 aromatic carbocycles. The minimum absolute atomic E-state index is 0.0299. The number of hydrogen-bond acceptors (Lipinski definition) is 4. The second kappa shape index (κ2) is 7.17. The van der Waals surface area contributed by atoms with Gasteiger partial charge in [0.15, 0.2) is 5.16 Å². The van der Waals surface area contributed by atoms with Crippen molar-refractivity contribution < 1.29 is 4.79 Å². The van der Waals surface area contributed by atoms with E-state index in [1.54, 1.807) is 11.8 Å². The maximum atomic E-state index is 13.3. The van der Waals surface area contributed by atoms with E-state index in [1.807, 2.05) is 31.2 Å². The SMILES string of the molecule is Cc1nnc(SCC(=O)C23CC4CC(CC(C4)C2)C3)n1Cc1ccc(Cl)cc1. The fraction of sp³-hybridized carbons (Fsp3) is 0.591. The zero-order valence-corrected chi connectivity index (χ0v) is 17.8. The Bertz CT molecular complexity index is 856. The predicted octanol–water partition coefficient (Wildman–Crippen LogP) is 5.17. The van der Waals surface area contributed by atoms with Gasteiger partial charge >= 0.3 is 0 Å². The Hall–Kier alpha value is -1.33. The fourth-order valence-corrected chi connectivity index (χ4v) is 7.30. The van der Waals surface area contributed by atoms with E-state index in [1.165, 1.54) is 19.3 Å². The van der Waals surface area contributed by atoms with E-state index < -0.39 is 0 Å². The average Bonchev–Trinajstić information content (AvgIpc) is 3.00. The van der Waals surface area contributed by atoms with Crippen LogP contribution in [0.25, 0.3) is 0 Å². The number of thioether (sulfide) groups is 1. The van der Waals surface area contributed by atoms with E-state index in [0.717, 1.165) is 58.6 Å². The smallest absolute Gasteiger partial charge is 0.191 e. The molecular formula is C22H26ClN3OS. The predicted molar refractivity (Wildman–Crippen MR) is 112 cm³/mol. The van der Waals surface area contributed by atoms with E-state index in [0.29, 0.717) is 18.1 Å². The van der Waals surface area contributed by atoms with Gasteiger partial charge in [-0.3, -0.25) is 4.79 Å². The highest BCUT2D eigenvalue weighted by Crippen LogP contribution is 2.60. The Kier molecular flexibility index (Phi) is 4.79. The first-order chi connectivity index (χ1) is 13.5. The number of Topliss-reactive ketones (excluding diaryl/α,β-unsaturated/α-hetero) is 1. The zero-order valence-electron chi connectivity index (χ0n) is 16.2. The Morgan fingerprint density at radius 3 is 2.32 bits per heavy atom. The summed E-state index contributed by atoms with van der Waals surface area (Å²) in [5.74, 6) is 4.25. The Morgan fingerprint density at radius 2 is 1.71 bits per heavy atom. The van der Waals surface area contributed by atoms with E-state index in [2.05, 4.69) is 14.8 Å². The van der Waals surface area contributed by atoms with Gasteiger partial charge in [0.2, 0.25) is 0 Å². The van der Waals surface area contributed by atoms with Crippen molar-refractivity contribution >= 4 is 29.1 Å². The van der Waals surface area contributed by atoms with Gasteiger partial charge in [0, 0.05) is 10.4 Å². The molecule has 6 rings (SSSR count). The van der Waals surface area contributed by atoms with Gasteiger partial charge in [-0.15, -0.1) is 10.2 Å². The lowest BCUT2D eigenvalue weighted by Gasteiger charge is -2.56. The third kappa shape index (κ3) is 3.41. The summed E-state index contributed by atoms with van der Waals surface area (Å²) in [4.78, 5) is 13.3. The molecule has 4 bridgehead atoms. The first-order valence-electron chi connectivity index (χ1n) is 10.3. The van der Waals surface area contributed by atoms with Crippen LogP contribution in [0.4, 0.5) is 0 Å². The van der Waals surface area contributed by atoms with Gasteiger partial charge in [-0.25, -0.2) is 0 Å². The van der Waals surface area contributed by atoms with Gasteiger partial charge in [-0.1, -0.05) is 35.5 Å². The minimum atomic E-state index is -0.0299. The molecule has 1 heterocycles. The van der Waals surface area contributed by atoms with Crippen molar-refractivity contribution in [2.45, 2.75) is 57.1 Å². The number of ketones is 1. The van der Waals surface area contributed by atoms with E-state index in [4.69, 9.17) is 11.6 Å². The molecule has 0 unspecified atom stereocenters. The molecule has 4 fully saturated rings. The second-order valence-electron chi connectivity index (χ2n) is 9.15. The maximum Gasteiger partial charge on any atom is 0.191 e. The number of halogens is 1. The van der Waals surface area contributed by atoms with Crippen LogP contribution in [0, 0.1) is 30.1 Å². The van der Waals surface area contributed by atoms with E-state index in [9.17, 15) is 4.79 Å². The summed E-state index contributed by atoms with van der Waals surface area (Å²) in [7, 11) is 0. The van der Waals surface area contributed by atoms with Crippen LogP contribution in [0.3, 0.4) is 0 Å². The third-order valence-electron chi connectivity index (χ3n) is 7.12. The summed E-state index contributed by atoms with van der Waals surface area (Å²) in [5.41, 5.74) is 1.12. The zero-order chi connectivity index (χ0) is 19.3. The van der Waals surface area contributed by atoms with Crippen LogP contribution >= 0.6 is 23.4 Å². The number of hydrogen-bond donors (Lipinski definition) is 0. The van der Waals surface area contributed by atoms with Crippen LogP contribution < -0.4 is 0 Å². The van der Waals surface area contributed by atoms with Gasteiger partial charge in [0.05, 0.1) is 12.3 Å². The molecule has 0 N–H and O–H groups in total. The van der Waals surface area contributed by atoms with Gasteiger partial charge in [-0.05, 0) is 80.9 Å². The van der Waals surface area contributed by atoms with Crippen LogP contribution in [-0.2, 0) is 11.3 Å². The number of rotatable bonds is 6. The average molecular weight is 416 g/mol. The highest BCUT2D eigenvalue weighted by Gasteiger charge is 2.54. The number of benzene rings is 1. The van der Waals surface area contributed by atoms with Gasteiger partial charge in [0.1, 0.15) is 11.6 Å². The molecule has 0 spiro atoms. The number of carbonyl (C=O) groups is 1. The molecule has 4 aliphatic carbocycles. The molecule has 0 atom stereocenters. The summed E-state index contributed by atoms with van der Waals surface area (Å²) < 4.78 is 2.10. The van der Waals surface area contributed by atoms with Crippen molar-refractivity contribution in [1.29, 1.82) is 0 Å². The molecule has 0 aliphatic heterocycles. The van der Waals surface area contributed by atoms with Gasteiger partial charge < -0.3 is 4.57 Å². The highest BCUT2D eigenvalue weighted by molar-refractivity contribution is 7.99. The van der Waals surface area contributed by atoms with Gasteiger partial charge in [-0.2, -0.15) is 0 Å². The Labute approximate surface area is 175 Å². The number of aromatic nitrogens is 3. The molecule has 4 aliphatic rings. The van der Waals surface area contributed by atoms with Crippen LogP contribution in [-0.4, -0.2) is 26.3 Å². The maximum absolute atomic E-state index is 13.3. The molecule has 4 nitrogen and oxygen atoms in total. The number of carbonyl (C=O) groups excluding carboxylic acids is 1. The molecular weight excluding hydrogens is 390 g/mol. The van der Waals surface area contributed by atoms with Crippen molar-refractivity contribution in [2.75, 3.05) is 5.75 Å². The number of aryl methyl sites for hydroxylation is 1. The lowest BCUT2D eigenvalue weighted by molar-refractivity contribution is -0.141. The normalized spacial score (nSPS) is 30.7. The molecule has 1 aromatic heterocycles. The Balaban J connectivity index is 1.28. The molecule has 0 radical (unpaired) electrons. The van der Waals surface area contributed by atoms with E-state index >= 15 is 0 Å². The molecule has 2 aromatic rings. The first-order valence-corrected chi connectivity index (χ1v) is 11.7. The van der Waals surface area contributed by atoms with Crippen molar-refractivity contribution in [2.24, 2.45) is 23.2 Å². The quantitative estimate of drug-likeness (QED) is 0.611. The van der Waals surface area contributed by atoms with Crippen LogP contribution in [0.2, 0.25) is 5.02 Å². The minimum Gasteiger partial charge on any atom is -0.302 e. The summed E-state index contributed by atoms with van der Waals surface area (Å²) in [6, 6.07) is 7.85. The summed E-state index contributed by atoms with van der Waals surface area (Å²) in [5, 5.41) is 10.2. The largest absolute Gasteiger partial charge is 0.302 e. The van der Waals surface area contributed by atoms with Crippen molar-refractivity contribution in [3.05, 3.63) is 40.7 Å².